The molecule has 1 amide bonds. The zero-order chi connectivity index (χ0) is 23.8. The number of anilines is 1. The Labute approximate surface area is 202 Å². The van der Waals surface area contributed by atoms with E-state index in [9.17, 15) is 4.79 Å². The number of aromatic nitrogens is 3. The number of benzene rings is 1. The molecule has 0 aliphatic heterocycles. The molecule has 2 unspecified atom stereocenters. The molecule has 7 heteroatoms. The smallest absolute Gasteiger partial charge is 0.225 e. The van der Waals surface area contributed by atoms with Gasteiger partial charge in [0.25, 0.3) is 0 Å². The number of amides is 1. The van der Waals surface area contributed by atoms with Crippen LogP contribution in [0.4, 0.5) is 5.82 Å². The molecule has 0 aliphatic carbocycles. The van der Waals surface area contributed by atoms with Gasteiger partial charge in [-0.1, -0.05) is 45.4 Å². The Morgan fingerprint density at radius 1 is 1.18 bits per heavy atom. The normalized spacial score (nSPS) is 13.3. The lowest BCUT2D eigenvalue weighted by molar-refractivity contribution is -0.115. The number of carbonyl (C=O) groups is 1. The minimum atomic E-state index is -0.00850. The van der Waals surface area contributed by atoms with Crippen LogP contribution in [0.25, 0.3) is 5.69 Å². The minimum absolute atomic E-state index is 0.00850. The Bertz CT molecular complexity index is 996. The molecule has 3 aromatic rings. The average molecular weight is 468 g/mol. The minimum Gasteiger partial charge on any atom is -0.311 e. The monoisotopic (exact) mass is 467 g/mol. The largest absolute Gasteiger partial charge is 0.311 e. The van der Waals surface area contributed by atoms with E-state index >= 15 is 0 Å². The number of carbonyl (C=O) groups excluding carboxylic acids is 1. The molecule has 0 aliphatic rings. The fourth-order valence-corrected chi connectivity index (χ4v) is 4.91. The average Bonchev–Trinajstić information content (AvgIpc) is 3.49. The Hall–Kier alpha value is -2.51. The van der Waals surface area contributed by atoms with Crippen LogP contribution in [0.5, 0.6) is 0 Å². The molecule has 0 radical (unpaired) electrons. The van der Waals surface area contributed by atoms with Crippen molar-refractivity contribution in [3.05, 3.63) is 58.2 Å². The summed E-state index contributed by atoms with van der Waals surface area (Å²) in [5.74, 6) is 0.986. The zero-order valence-corrected chi connectivity index (χ0v) is 21.4. The number of hydrogen-bond donors (Lipinski definition) is 1. The van der Waals surface area contributed by atoms with Gasteiger partial charge in [-0.05, 0) is 51.4 Å². The van der Waals surface area contributed by atoms with Crippen molar-refractivity contribution in [2.75, 3.05) is 18.4 Å². The molecule has 2 atom stereocenters. The Morgan fingerprint density at radius 2 is 1.94 bits per heavy atom. The van der Waals surface area contributed by atoms with Crippen molar-refractivity contribution in [2.45, 2.75) is 72.3 Å². The lowest BCUT2D eigenvalue weighted by Gasteiger charge is -2.30. The summed E-state index contributed by atoms with van der Waals surface area (Å²) in [6.45, 7) is 12.7. The van der Waals surface area contributed by atoms with Gasteiger partial charge in [0.15, 0.2) is 0 Å². The second-order valence-electron chi connectivity index (χ2n) is 8.62. The first-order valence-corrected chi connectivity index (χ1v) is 12.9. The van der Waals surface area contributed by atoms with Crippen LogP contribution in [0.2, 0.25) is 0 Å². The highest BCUT2D eigenvalue weighted by atomic mass is 32.1. The molecular formula is C26H37N5OS. The molecule has 33 heavy (non-hydrogen) atoms. The molecule has 0 saturated carbocycles. The highest BCUT2D eigenvalue weighted by Crippen LogP contribution is 2.29. The maximum Gasteiger partial charge on any atom is 0.225 e. The summed E-state index contributed by atoms with van der Waals surface area (Å²) < 4.78 is 1.85. The van der Waals surface area contributed by atoms with E-state index in [4.69, 9.17) is 5.10 Å². The maximum absolute atomic E-state index is 12.1. The van der Waals surface area contributed by atoms with E-state index in [2.05, 4.69) is 60.4 Å². The van der Waals surface area contributed by atoms with Crippen LogP contribution in [-0.2, 0) is 4.79 Å². The van der Waals surface area contributed by atoms with Gasteiger partial charge < -0.3 is 5.32 Å². The number of nitrogens with zero attached hydrogens (tertiary/aromatic N) is 4. The molecule has 6 nitrogen and oxygen atoms in total. The van der Waals surface area contributed by atoms with Gasteiger partial charge in [0.05, 0.1) is 17.4 Å². The SMILES string of the molecule is CCCN(CCC(C)c1cc(NC(=O)CC)n(-c2ccc(C)cc2)n1)C(CC)c1nccs1. The maximum atomic E-state index is 12.1. The molecule has 3 rings (SSSR count). The first kappa shape index (κ1) is 25.1. The molecule has 0 fully saturated rings. The Kier molecular flexibility index (Phi) is 9.21. The topological polar surface area (TPSA) is 63.1 Å². The standard InChI is InChI=1S/C26H37N5OS/c1-6-15-30(23(7-2)26-27-14-17-33-26)16-13-20(5)22-18-24(28-25(32)8-3)31(29-22)21-11-9-19(4)10-12-21/h9-12,14,17-18,20,23H,6-8,13,15-16H2,1-5H3,(H,28,32). The van der Waals surface area contributed by atoms with Gasteiger partial charge in [-0.3, -0.25) is 9.69 Å². The molecule has 2 heterocycles. The molecule has 0 bridgehead atoms. The molecule has 0 saturated heterocycles. The Balaban J connectivity index is 1.79. The van der Waals surface area contributed by atoms with Crippen LogP contribution in [-0.4, -0.2) is 38.7 Å². The quantitative estimate of drug-likeness (QED) is 0.337. The fourth-order valence-electron chi connectivity index (χ4n) is 4.05. The highest BCUT2D eigenvalue weighted by molar-refractivity contribution is 7.09. The van der Waals surface area contributed by atoms with E-state index in [-0.39, 0.29) is 11.8 Å². The van der Waals surface area contributed by atoms with Crippen LogP contribution < -0.4 is 5.32 Å². The van der Waals surface area contributed by atoms with E-state index in [1.54, 1.807) is 11.3 Å². The molecule has 1 N–H and O–H groups in total. The number of rotatable bonds is 12. The van der Waals surface area contributed by atoms with Gasteiger partial charge in [0.1, 0.15) is 10.8 Å². The van der Waals surface area contributed by atoms with Gasteiger partial charge in [-0.25, -0.2) is 9.67 Å². The Morgan fingerprint density at radius 3 is 2.55 bits per heavy atom. The predicted molar refractivity (Wildman–Crippen MR) is 137 cm³/mol. The van der Waals surface area contributed by atoms with Crippen LogP contribution in [0.3, 0.4) is 0 Å². The third-order valence-corrected chi connectivity index (χ3v) is 6.90. The molecule has 178 valence electrons. The molecular weight excluding hydrogens is 430 g/mol. The van der Waals surface area contributed by atoms with Gasteiger partial charge >= 0.3 is 0 Å². The third-order valence-electron chi connectivity index (χ3n) is 6.02. The number of nitrogens with one attached hydrogen (secondary N) is 1. The summed E-state index contributed by atoms with van der Waals surface area (Å²) in [4.78, 5) is 19.3. The lowest BCUT2D eigenvalue weighted by atomic mass is 10.0. The van der Waals surface area contributed by atoms with E-state index in [0.717, 1.165) is 49.6 Å². The fraction of sp³-hybridized carbons (Fsp3) is 0.500. The predicted octanol–water partition coefficient (Wildman–Crippen LogP) is 6.34. The second kappa shape index (κ2) is 12.1. The first-order chi connectivity index (χ1) is 16.0. The lowest BCUT2D eigenvalue weighted by Crippen LogP contribution is -2.31. The van der Waals surface area contributed by atoms with Crippen LogP contribution in [0, 0.1) is 6.92 Å². The molecule has 1 aromatic carbocycles. The van der Waals surface area contributed by atoms with E-state index in [1.165, 1.54) is 10.6 Å². The van der Waals surface area contributed by atoms with Crippen LogP contribution >= 0.6 is 11.3 Å². The first-order valence-electron chi connectivity index (χ1n) is 12.1. The second-order valence-corrected chi connectivity index (χ2v) is 9.55. The summed E-state index contributed by atoms with van der Waals surface area (Å²) in [6.07, 6.45) is 5.50. The van der Waals surface area contributed by atoms with Crippen LogP contribution in [0.1, 0.15) is 81.6 Å². The van der Waals surface area contributed by atoms with Gasteiger partial charge in [-0.15, -0.1) is 11.3 Å². The highest BCUT2D eigenvalue weighted by Gasteiger charge is 2.22. The molecule has 0 spiro atoms. The third kappa shape index (κ3) is 6.51. The number of aryl methyl sites for hydroxylation is 1. The van der Waals surface area contributed by atoms with Gasteiger partial charge in [0.2, 0.25) is 5.91 Å². The summed E-state index contributed by atoms with van der Waals surface area (Å²) in [6, 6.07) is 10.6. The van der Waals surface area contributed by atoms with Crippen molar-refractivity contribution < 1.29 is 4.79 Å². The summed E-state index contributed by atoms with van der Waals surface area (Å²) in [7, 11) is 0. The van der Waals surface area contributed by atoms with Crippen molar-refractivity contribution in [1.82, 2.24) is 19.7 Å². The molecule has 2 aromatic heterocycles. The summed E-state index contributed by atoms with van der Waals surface area (Å²) >= 11 is 1.74. The van der Waals surface area contributed by atoms with Crippen molar-refractivity contribution >= 4 is 23.1 Å². The zero-order valence-electron chi connectivity index (χ0n) is 20.5. The number of hydrogen-bond acceptors (Lipinski definition) is 5. The van der Waals surface area contributed by atoms with E-state index in [1.807, 2.05) is 36.0 Å². The van der Waals surface area contributed by atoms with Gasteiger partial charge in [0, 0.05) is 30.0 Å². The van der Waals surface area contributed by atoms with Crippen molar-refractivity contribution in [2.24, 2.45) is 0 Å². The van der Waals surface area contributed by atoms with Crippen molar-refractivity contribution in [3.8, 4) is 5.69 Å². The van der Waals surface area contributed by atoms with E-state index < -0.39 is 0 Å². The summed E-state index contributed by atoms with van der Waals surface area (Å²) in [5, 5.41) is 11.2. The van der Waals surface area contributed by atoms with Gasteiger partial charge in [-0.2, -0.15) is 5.10 Å². The number of thiazole rings is 1. The van der Waals surface area contributed by atoms with Crippen molar-refractivity contribution in [3.63, 3.8) is 0 Å². The summed E-state index contributed by atoms with van der Waals surface area (Å²) in [5.41, 5.74) is 3.15. The van der Waals surface area contributed by atoms with E-state index in [0.29, 0.717) is 12.5 Å². The van der Waals surface area contributed by atoms with Crippen LogP contribution in [0.15, 0.2) is 41.9 Å². The van der Waals surface area contributed by atoms with Crippen molar-refractivity contribution in [1.29, 1.82) is 0 Å².